The van der Waals surface area contributed by atoms with Gasteiger partial charge in [-0.3, -0.25) is 9.30 Å². The average Bonchev–Trinajstić information content (AvgIpc) is 3.63. The van der Waals surface area contributed by atoms with Crippen LogP contribution in [0.5, 0.6) is 0 Å². The van der Waals surface area contributed by atoms with Crippen LogP contribution in [0.15, 0.2) is 58.6 Å². The van der Waals surface area contributed by atoms with E-state index in [1.165, 1.54) is 22.9 Å². The summed E-state index contributed by atoms with van der Waals surface area (Å²) in [6.45, 7) is 1.75. The van der Waals surface area contributed by atoms with Crippen LogP contribution in [0.3, 0.4) is 0 Å². The SMILES string of the molecule is CN(C)C(O)c1ccc2c(c1)C(N)C1(CCN(c3nc4ccc(Sc5ccnc(N)c5Cl)c5ncc3n45)CC1)C2. The highest BCUT2D eigenvalue weighted by atomic mass is 35.5. The molecule has 2 aliphatic rings. The van der Waals surface area contributed by atoms with Crippen molar-refractivity contribution >= 4 is 51.8 Å². The minimum absolute atomic E-state index is 0.0226. The monoisotopic (exact) mass is 574 g/mol. The number of rotatable bonds is 5. The van der Waals surface area contributed by atoms with Crippen molar-refractivity contribution in [2.45, 2.75) is 41.3 Å². The zero-order chi connectivity index (χ0) is 27.8. The number of hydrogen-bond donors (Lipinski definition) is 3. The third kappa shape index (κ3) is 3.93. The molecule has 5 N–H and O–H groups in total. The number of aliphatic hydroxyl groups excluding tert-OH is 1. The van der Waals surface area contributed by atoms with Gasteiger partial charge in [0.1, 0.15) is 23.2 Å². The number of fused-ring (bicyclic) bond motifs is 1. The molecule has 40 heavy (non-hydrogen) atoms. The van der Waals surface area contributed by atoms with E-state index in [-0.39, 0.29) is 11.5 Å². The molecular formula is C29H31ClN8OS. The van der Waals surface area contributed by atoms with Crippen LogP contribution in [0.2, 0.25) is 5.02 Å². The van der Waals surface area contributed by atoms with E-state index in [1.807, 2.05) is 44.6 Å². The third-order valence-corrected chi connectivity index (χ3v) is 10.3. The molecule has 1 spiro atoms. The number of halogens is 1. The maximum atomic E-state index is 10.5. The molecule has 1 fully saturated rings. The van der Waals surface area contributed by atoms with Gasteiger partial charge >= 0.3 is 0 Å². The zero-order valence-corrected chi connectivity index (χ0v) is 24.0. The number of anilines is 2. The number of imidazole rings is 2. The first-order valence-corrected chi connectivity index (χ1v) is 14.6. The second-order valence-corrected chi connectivity index (χ2v) is 12.7. The molecule has 206 valence electrons. The van der Waals surface area contributed by atoms with Gasteiger partial charge in [0.2, 0.25) is 0 Å². The van der Waals surface area contributed by atoms with Gasteiger partial charge in [0.15, 0.2) is 11.5 Å². The third-order valence-electron chi connectivity index (χ3n) is 8.70. The highest BCUT2D eigenvalue weighted by Gasteiger charge is 2.46. The van der Waals surface area contributed by atoms with E-state index in [2.05, 4.69) is 26.4 Å². The van der Waals surface area contributed by atoms with Crippen molar-refractivity contribution in [2.24, 2.45) is 11.1 Å². The first kappa shape index (κ1) is 25.8. The van der Waals surface area contributed by atoms with E-state index in [4.69, 9.17) is 33.0 Å². The lowest BCUT2D eigenvalue weighted by molar-refractivity contribution is 0.0394. The Morgan fingerprint density at radius 2 is 1.93 bits per heavy atom. The van der Waals surface area contributed by atoms with Crippen LogP contribution < -0.4 is 16.4 Å². The Balaban J connectivity index is 1.13. The minimum atomic E-state index is -0.635. The van der Waals surface area contributed by atoms with Crippen molar-refractivity contribution in [3.63, 3.8) is 0 Å². The molecule has 1 saturated heterocycles. The van der Waals surface area contributed by atoms with Crippen LogP contribution in [-0.4, -0.2) is 56.5 Å². The van der Waals surface area contributed by atoms with E-state index >= 15 is 0 Å². The van der Waals surface area contributed by atoms with Crippen LogP contribution >= 0.6 is 23.4 Å². The van der Waals surface area contributed by atoms with Gasteiger partial charge in [-0.2, -0.15) is 0 Å². The molecule has 9 nitrogen and oxygen atoms in total. The van der Waals surface area contributed by atoms with Crippen LogP contribution in [-0.2, 0) is 6.42 Å². The molecule has 1 aromatic carbocycles. The smallest absolute Gasteiger partial charge is 0.157 e. The summed E-state index contributed by atoms with van der Waals surface area (Å²) in [4.78, 5) is 19.8. The summed E-state index contributed by atoms with van der Waals surface area (Å²) in [5, 5.41) is 11.0. The molecular weight excluding hydrogens is 544 g/mol. The molecule has 0 saturated carbocycles. The molecule has 5 heterocycles. The number of piperidine rings is 1. The molecule has 2 unspecified atom stereocenters. The fraction of sp³-hybridized carbons (Fsp3) is 0.345. The molecule has 7 rings (SSSR count). The zero-order valence-electron chi connectivity index (χ0n) is 22.4. The first-order chi connectivity index (χ1) is 19.3. The summed E-state index contributed by atoms with van der Waals surface area (Å²) in [5.74, 6) is 1.28. The van der Waals surface area contributed by atoms with E-state index in [1.54, 1.807) is 11.1 Å². The summed E-state index contributed by atoms with van der Waals surface area (Å²) in [5.41, 5.74) is 19.0. The fourth-order valence-electron chi connectivity index (χ4n) is 6.41. The second kappa shape index (κ2) is 9.46. The van der Waals surface area contributed by atoms with Crippen LogP contribution in [0.25, 0.3) is 16.8 Å². The van der Waals surface area contributed by atoms with Crippen molar-refractivity contribution < 1.29 is 5.11 Å². The molecule has 5 aromatic rings. The van der Waals surface area contributed by atoms with Gasteiger partial charge in [0.25, 0.3) is 0 Å². The number of aliphatic hydroxyl groups is 1. The maximum absolute atomic E-state index is 10.5. The van der Waals surface area contributed by atoms with Gasteiger partial charge in [-0.05, 0) is 79.7 Å². The van der Waals surface area contributed by atoms with E-state index in [0.29, 0.717) is 10.8 Å². The van der Waals surface area contributed by atoms with Crippen LogP contribution in [0.1, 0.15) is 41.8 Å². The number of hydrogen-bond acceptors (Lipinski definition) is 9. The van der Waals surface area contributed by atoms with Gasteiger partial charge in [0, 0.05) is 30.2 Å². The average molecular weight is 575 g/mol. The normalized spacial score (nSPS) is 19.4. The lowest BCUT2D eigenvalue weighted by Crippen LogP contribution is -2.44. The Labute approximate surface area is 241 Å². The minimum Gasteiger partial charge on any atom is -0.382 e. The Morgan fingerprint density at radius 1 is 1.12 bits per heavy atom. The summed E-state index contributed by atoms with van der Waals surface area (Å²) in [6.07, 6.45) is 5.88. The highest BCUT2D eigenvalue weighted by Crippen LogP contribution is 2.52. The Kier molecular flexibility index (Phi) is 6.10. The van der Waals surface area contributed by atoms with Crippen molar-refractivity contribution in [3.05, 3.63) is 70.5 Å². The van der Waals surface area contributed by atoms with Gasteiger partial charge < -0.3 is 21.5 Å². The number of benzene rings is 1. The maximum Gasteiger partial charge on any atom is 0.157 e. The van der Waals surface area contributed by atoms with Gasteiger partial charge in [-0.1, -0.05) is 35.5 Å². The van der Waals surface area contributed by atoms with Crippen LogP contribution in [0.4, 0.5) is 11.6 Å². The van der Waals surface area contributed by atoms with Crippen LogP contribution in [0, 0.1) is 5.41 Å². The Morgan fingerprint density at radius 3 is 2.70 bits per heavy atom. The van der Waals surface area contributed by atoms with Gasteiger partial charge in [-0.25, -0.2) is 15.0 Å². The number of pyridine rings is 2. The number of nitrogen functional groups attached to an aromatic ring is 1. The lowest BCUT2D eigenvalue weighted by atomic mass is 9.73. The van der Waals surface area contributed by atoms with Crippen molar-refractivity contribution in [1.82, 2.24) is 24.3 Å². The van der Waals surface area contributed by atoms with Crippen molar-refractivity contribution in [2.75, 3.05) is 37.8 Å². The highest BCUT2D eigenvalue weighted by molar-refractivity contribution is 7.99. The predicted octanol–water partition coefficient (Wildman–Crippen LogP) is 4.50. The summed E-state index contributed by atoms with van der Waals surface area (Å²) in [7, 11) is 3.75. The molecule has 11 heteroatoms. The van der Waals surface area contributed by atoms with Gasteiger partial charge in [-0.15, -0.1) is 0 Å². The summed E-state index contributed by atoms with van der Waals surface area (Å²) in [6, 6.07) is 12.2. The number of nitrogens with two attached hydrogens (primary N) is 2. The summed E-state index contributed by atoms with van der Waals surface area (Å²) < 4.78 is 2.12. The number of nitrogens with zero attached hydrogens (tertiary/aromatic N) is 6. The van der Waals surface area contributed by atoms with E-state index < -0.39 is 6.23 Å². The lowest BCUT2D eigenvalue weighted by Gasteiger charge is -2.42. The molecule has 4 aromatic heterocycles. The van der Waals surface area contributed by atoms with Crippen molar-refractivity contribution in [1.29, 1.82) is 0 Å². The van der Waals surface area contributed by atoms with E-state index in [9.17, 15) is 5.11 Å². The molecule has 1 aliphatic heterocycles. The largest absolute Gasteiger partial charge is 0.382 e. The summed E-state index contributed by atoms with van der Waals surface area (Å²) >= 11 is 7.93. The quantitative estimate of drug-likeness (QED) is 0.260. The standard InChI is InChI=1S/C29H31ClN8OS/c1-36(2)28(39)16-3-4-17-14-29(24(31)18(17)13-16)8-11-37(12-9-29)26-19-15-34-27-21(5-6-22(35-26)38(19)27)40-20-7-10-33-25(32)23(20)30/h3-7,10,13,15,24,28,39H,8-9,11-12,14,31H2,1-2H3,(H2,32,33). The topological polar surface area (TPSA) is 122 Å². The first-order valence-electron chi connectivity index (χ1n) is 13.4. The molecule has 0 radical (unpaired) electrons. The molecule has 1 aliphatic carbocycles. The molecule has 0 bridgehead atoms. The Hall–Kier alpha value is -3.15. The fourth-order valence-corrected chi connectivity index (χ4v) is 7.57. The number of aromatic nitrogens is 4. The second-order valence-electron chi connectivity index (χ2n) is 11.2. The van der Waals surface area contributed by atoms with Crippen molar-refractivity contribution in [3.8, 4) is 0 Å². The predicted molar refractivity (Wildman–Crippen MR) is 159 cm³/mol. The molecule has 2 atom stereocenters. The van der Waals surface area contributed by atoms with Gasteiger partial charge in [0.05, 0.1) is 16.1 Å². The Bertz CT molecular complexity index is 1730. The van der Waals surface area contributed by atoms with E-state index in [0.717, 1.165) is 70.3 Å². The molecule has 0 amide bonds.